The normalized spacial score (nSPS) is 10.5. The van der Waals surface area contributed by atoms with Crippen LogP contribution in [0, 0.1) is 6.92 Å². The molecular formula is C19H28N4O. The topological polar surface area (TPSA) is 50.3 Å². The number of aromatic nitrogens is 2. The summed E-state index contributed by atoms with van der Waals surface area (Å²) in [6, 6.07) is 8.06. The van der Waals surface area contributed by atoms with Crippen LogP contribution in [0.3, 0.4) is 0 Å². The Balaban J connectivity index is 2.38. The molecule has 2 aromatic rings. The zero-order chi connectivity index (χ0) is 17.5. The van der Waals surface area contributed by atoms with Gasteiger partial charge in [0, 0.05) is 36.6 Å². The second-order valence-electron chi connectivity index (χ2n) is 5.77. The first-order valence-corrected chi connectivity index (χ1v) is 8.65. The molecule has 0 radical (unpaired) electrons. The van der Waals surface area contributed by atoms with Gasteiger partial charge in [0.15, 0.2) is 0 Å². The van der Waals surface area contributed by atoms with Gasteiger partial charge in [0.05, 0.1) is 7.11 Å². The predicted molar refractivity (Wildman–Crippen MR) is 101 cm³/mol. The van der Waals surface area contributed by atoms with E-state index in [1.807, 2.05) is 18.2 Å². The Bertz CT molecular complexity index is 668. The number of ether oxygens (including phenoxy) is 1. The van der Waals surface area contributed by atoms with Crippen LogP contribution in [0.5, 0.6) is 5.75 Å². The SMILES string of the molecule is CCCc1cc(N(CC)CC)nc(Nc2cc(OC)ccc2C)n1. The van der Waals surface area contributed by atoms with Crippen LogP contribution < -0.4 is 15.0 Å². The highest BCUT2D eigenvalue weighted by Crippen LogP contribution is 2.25. The van der Waals surface area contributed by atoms with Gasteiger partial charge in [-0.25, -0.2) is 4.98 Å². The van der Waals surface area contributed by atoms with Gasteiger partial charge in [-0.2, -0.15) is 4.98 Å². The molecule has 0 saturated carbocycles. The van der Waals surface area contributed by atoms with Gasteiger partial charge in [0.1, 0.15) is 11.6 Å². The minimum absolute atomic E-state index is 0.638. The lowest BCUT2D eigenvalue weighted by molar-refractivity contribution is 0.415. The molecular weight excluding hydrogens is 300 g/mol. The fraction of sp³-hybridized carbons (Fsp3) is 0.474. The highest BCUT2D eigenvalue weighted by Gasteiger charge is 2.10. The van der Waals surface area contributed by atoms with Crippen LogP contribution in [0.4, 0.5) is 17.5 Å². The van der Waals surface area contributed by atoms with E-state index >= 15 is 0 Å². The van der Waals surface area contributed by atoms with E-state index in [9.17, 15) is 0 Å². The molecule has 2 rings (SSSR count). The van der Waals surface area contributed by atoms with Gasteiger partial charge in [-0.15, -0.1) is 0 Å². The standard InChI is InChI=1S/C19H28N4O/c1-6-9-15-12-18(23(7-2)8-3)22-19(20-15)21-17-13-16(24-5)11-10-14(17)4/h10-13H,6-9H2,1-5H3,(H,20,21,22). The molecule has 0 amide bonds. The van der Waals surface area contributed by atoms with Crippen molar-refractivity contribution in [1.29, 1.82) is 0 Å². The summed E-state index contributed by atoms with van der Waals surface area (Å²) in [6.07, 6.45) is 2.01. The number of rotatable bonds is 8. The van der Waals surface area contributed by atoms with Crippen LogP contribution in [-0.4, -0.2) is 30.2 Å². The van der Waals surface area contributed by atoms with E-state index in [1.54, 1.807) is 7.11 Å². The van der Waals surface area contributed by atoms with Crippen molar-refractivity contribution in [3.63, 3.8) is 0 Å². The molecule has 0 bridgehead atoms. The highest BCUT2D eigenvalue weighted by atomic mass is 16.5. The Hall–Kier alpha value is -2.30. The summed E-state index contributed by atoms with van der Waals surface area (Å²) in [5, 5.41) is 3.36. The third-order valence-corrected chi connectivity index (χ3v) is 4.05. The molecule has 0 aliphatic carbocycles. The van der Waals surface area contributed by atoms with Crippen molar-refractivity contribution >= 4 is 17.5 Å². The van der Waals surface area contributed by atoms with Crippen LogP contribution in [0.15, 0.2) is 24.3 Å². The average molecular weight is 328 g/mol. The first kappa shape index (κ1) is 18.0. The number of anilines is 3. The highest BCUT2D eigenvalue weighted by molar-refractivity contribution is 5.62. The first-order valence-electron chi connectivity index (χ1n) is 8.65. The molecule has 5 nitrogen and oxygen atoms in total. The Morgan fingerprint density at radius 2 is 1.83 bits per heavy atom. The molecule has 0 spiro atoms. The monoisotopic (exact) mass is 328 g/mol. The quantitative estimate of drug-likeness (QED) is 0.781. The molecule has 1 aromatic carbocycles. The van der Waals surface area contributed by atoms with Crippen molar-refractivity contribution in [3.8, 4) is 5.75 Å². The second kappa shape index (κ2) is 8.52. The van der Waals surface area contributed by atoms with Crippen molar-refractivity contribution in [1.82, 2.24) is 9.97 Å². The Morgan fingerprint density at radius 1 is 1.08 bits per heavy atom. The minimum atomic E-state index is 0.638. The summed E-state index contributed by atoms with van der Waals surface area (Å²) in [4.78, 5) is 11.6. The molecule has 0 atom stereocenters. The minimum Gasteiger partial charge on any atom is -0.497 e. The van der Waals surface area contributed by atoms with Gasteiger partial charge >= 0.3 is 0 Å². The summed E-state index contributed by atoms with van der Waals surface area (Å²) in [7, 11) is 1.67. The number of nitrogens with zero attached hydrogens (tertiary/aromatic N) is 3. The number of aryl methyl sites for hydroxylation is 2. The lowest BCUT2D eigenvalue weighted by Crippen LogP contribution is -2.23. The molecule has 1 aromatic heterocycles. The van der Waals surface area contributed by atoms with Crippen molar-refractivity contribution < 1.29 is 4.74 Å². The first-order chi connectivity index (χ1) is 11.6. The summed E-state index contributed by atoms with van der Waals surface area (Å²) in [5.74, 6) is 2.43. The molecule has 0 unspecified atom stereocenters. The third kappa shape index (κ3) is 4.37. The number of methoxy groups -OCH3 is 1. The van der Waals surface area contributed by atoms with E-state index in [0.29, 0.717) is 5.95 Å². The number of benzene rings is 1. The van der Waals surface area contributed by atoms with Crippen molar-refractivity contribution in [2.75, 3.05) is 30.4 Å². The zero-order valence-electron chi connectivity index (χ0n) is 15.4. The summed E-state index contributed by atoms with van der Waals surface area (Å²) in [5.41, 5.74) is 3.16. The Labute approximate surface area is 145 Å². The number of nitrogens with one attached hydrogen (secondary N) is 1. The molecule has 0 saturated heterocycles. The van der Waals surface area contributed by atoms with Gasteiger partial charge < -0.3 is 15.0 Å². The summed E-state index contributed by atoms with van der Waals surface area (Å²) < 4.78 is 5.32. The molecule has 0 aliphatic heterocycles. The van der Waals surface area contributed by atoms with E-state index in [0.717, 1.165) is 54.4 Å². The smallest absolute Gasteiger partial charge is 0.229 e. The zero-order valence-corrected chi connectivity index (χ0v) is 15.4. The molecule has 130 valence electrons. The fourth-order valence-corrected chi connectivity index (χ4v) is 2.62. The van der Waals surface area contributed by atoms with Crippen molar-refractivity contribution in [3.05, 3.63) is 35.5 Å². The largest absolute Gasteiger partial charge is 0.497 e. The van der Waals surface area contributed by atoms with Gasteiger partial charge in [-0.3, -0.25) is 0 Å². The van der Waals surface area contributed by atoms with E-state index in [4.69, 9.17) is 9.72 Å². The lowest BCUT2D eigenvalue weighted by Gasteiger charge is -2.21. The number of hydrogen-bond acceptors (Lipinski definition) is 5. The summed E-state index contributed by atoms with van der Waals surface area (Å²) >= 11 is 0. The maximum absolute atomic E-state index is 5.32. The molecule has 1 N–H and O–H groups in total. The van der Waals surface area contributed by atoms with Crippen LogP contribution in [-0.2, 0) is 6.42 Å². The molecule has 5 heteroatoms. The van der Waals surface area contributed by atoms with Crippen LogP contribution >= 0.6 is 0 Å². The Morgan fingerprint density at radius 3 is 2.46 bits per heavy atom. The Kier molecular flexibility index (Phi) is 6.41. The summed E-state index contributed by atoms with van der Waals surface area (Å²) in [6.45, 7) is 10.4. The van der Waals surface area contributed by atoms with Crippen LogP contribution in [0.2, 0.25) is 0 Å². The fourth-order valence-electron chi connectivity index (χ4n) is 2.62. The molecule has 1 heterocycles. The van der Waals surface area contributed by atoms with E-state index < -0.39 is 0 Å². The third-order valence-electron chi connectivity index (χ3n) is 4.05. The van der Waals surface area contributed by atoms with Gasteiger partial charge in [0.25, 0.3) is 0 Å². The number of hydrogen-bond donors (Lipinski definition) is 1. The lowest BCUT2D eigenvalue weighted by atomic mass is 10.2. The van der Waals surface area contributed by atoms with E-state index in [1.165, 1.54) is 0 Å². The molecule has 0 aliphatic rings. The van der Waals surface area contributed by atoms with E-state index in [2.05, 4.69) is 49.0 Å². The predicted octanol–water partition coefficient (Wildman–Crippen LogP) is 4.34. The maximum atomic E-state index is 5.32. The second-order valence-corrected chi connectivity index (χ2v) is 5.77. The van der Waals surface area contributed by atoms with Gasteiger partial charge in [-0.05, 0) is 38.8 Å². The maximum Gasteiger partial charge on any atom is 0.229 e. The molecule has 0 fully saturated rings. The molecule has 24 heavy (non-hydrogen) atoms. The van der Waals surface area contributed by atoms with E-state index in [-0.39, 0.29) is 0 Å². The van der Waals surface area contributed by atoms with Crippen molar-refractivity contribution in [2.24, 2.45) is 0 Å². The van der Waals surface area contributed by atoms with Crippen LogP contribution in [0.1, 0.15) is 38.4 Å². The van der Waals surface area contributed by atoms with Gasteiger partial charge in [0.2, 0.25) is 5.95 Å². The average Bonchev–Trinajstić information content (AvgIpc) is 2.58. The van der Waals surface area contributed by atoms with Gasteiger partial charge in [-0.1, -0.05) is 19.4 Å². The van der Waals surface area contributed by atoms with Crippen molar-refractivity contribution in [2.45, 2.75) is 40.5 Å². The van der Waals surface area contributed by atoms with Crippen LogP contribution in [0.25, 0.3) is 0 Å².